The number of benzene rings is 2. The first kappa shape index (κ1) is 22.2. The Morgan fingerprint density at radius 1 is 1.03 bits per heavy atom. The Kier molecular flexibility index (Phi) is 6.12. The van der Waals surface area contributed by atoms with Gasteiger partial charge < -0.3 is 10.2 Å². The van der Waals surface area contributed by atoms with Gasteiger partial charge in [-0.3, -0.25) is 14.5 Å². The molecule has 2 aromatic carbocycles. The van der Waals surface area contributed by atoms with Crippen molar-refractivity contribution in [1.29, 1.82) is 0 Å². The molecule has 0 saturated carbocycles. The third-order valence-corrected chi connectivity index (χ3v) is 7.69. The van der Waals surface area contributed by atoms with Crippen molar-refractivity contribution in [2.75, 3.05) is 17.3 Å². The van der Waals surface area contributed by atoms with Crippen molar-refractivity contribution in [1.82, 2.24) is 9.88 Å². The summed E-state index contributed by atoms with van der Waals surface area (Å²) in [6.07, 6.45) is 1.58. The number of pyridine rings is 1. The Morgan fingerprint density at radius 3 is 2.50 bits per heavy atom. The number of carbonyl (C=O) groups excluding carboxylic acids is 2. The number of fused-ring (bicyclic) bond motifs is 1. The second-order valence-electron chi connectivity index (χ2n) is 7.72. The van der Waals surface area contributed by atoms with Crippen molar-refractivity contribution in [3.8, 4) is 0 Å². The molecule has 1 N–H and O–H groups in total. The van der Waals surface area contributed by atoms with Gasteiger partial charge in [0.15, 0.2) is 5.17 Å². The zero-order valence-corrected chi connectivity index (χ0v) is 20.2. The van der Waals surface area contributed by atoms with Crippen molar-refractivity contribution in [3.63, 3.8) is 0 Å². The quantitative estimate of drug-likeness (QED) is 0.509. The maximum atomic E-state index is 13.6. The third kappa shape index (κ3) is 4.44. The average molecular weight is 488 g/mol. The molecule has 0 spiro atoms. The first-order chi connectivity index (χ1) is 16.5. The molecule has 0 radical (unpaired) electrons. The lowest BCUT2D eigenvalue weighted by atomic mass is 10.2. The molecular formula is C25H21N5O2S2. The molecule has 1 aromatic heterocycles. The third-order valence-electron chi connectivity index (χ3n) is 5.26. The normalized spacial score (nSPS) is 18.5. The van der Waals surface area contributed by atoms with E-state index >= 15 is 0 Å². The van der Waals surface area contributed by atoms with Crippen molar-refractivity contribution in [3.05, 3.63) is 88.4 Å². The number of rotatable bonds is 4. The minimum Gasteiger partial charge on any atom is -0.337 e. The van der Waals surface area contributed by atoms with Crippen molar-refractivity contribution in [2.45, 2.75) is 18.4 Å². The van der Waals surface area contributed by atoms with Crippen LogP contribution < -0.4 is 10.2 Å². The lowest BCUT2D eigenvalue weighted by molar-refractivity contribution is -0.122. The molecule has 34 heavy (non-hydrogen) atoms. The maximum Gasteiger partial charge on any atom is 0.269 e. The van der Waals surface area contributed by atoms with Crippen molar-refractivity contribution >= 4 is 57.7 Å². The number of anilines is 2. The standard InChI is InChI=1S/C25H21N5O2S2/c1-16(31)27-21-13-12-18(14-26-21)28-25-30(15-17-8-4-3-5-9-17)23(32)22(34-25)24-29(2)19-10-6-7-11-20(19)33-24/h3-14H,15H2,1-2H3,(H,26,27,31)/b24-22-,28-25-. The average Bonchev–Trinajstić information content (AvgIpc) is 3.32. The number of hydrogen-bond acceptors (Lipinski definition) is 7. The van der Waals surface area contributed by atoms with Gasteiger partial charge in [-0.05, 0) is 41.6 Å². The van der Waals surface area contributed by atoms with Crippen LogP contribution in [0.25, 0.3) is 0 Å². The molecule has 2 aliphatic heterocycles. The summed E-state index contributed by atoms with van der Waals surface area (Å²) in [5.41, 5.74) is 2.70. The van der Waals surface area contributed by atoms with E-state index in [1.807, 2.05) is 49.5 Å². The molecule has 7 nitrogen and oxygen atoms in total. The lowest BCUT2D eigenvalue weighted by Crippen LogP contribution is -2.29. The number of amidine groups is 1. The highest BCUT2D eigenvalue weighted by atomic mass is 32.2. The molecule has 170 valence electrons. The van der Waals surface area contributed by atoms with Crippen LogP contribution in [0.2, 0.25) is 0 Å². The largest absolute Gasteiger partial charge is 0.337 e. The first-order valence-electron chi connectivity index (χ1n) is 10.6. The van der Waals surface area contributed by atoms with Crippen LogP contribution in [0.1, 0.15) is 12.5 Å². The summed E-state index contributed by atoms with van der Waals surface area (Å²) in [6.45, 7) is 1.85. The Hall–Kier alpha value is -3.56. The number of amides is 2. The molecule has 2 amide bonds. The van der Waals surface area contributed by atoms with E-state index in [1.54, 1.807) is 35.0 Å². The highest BCUT2D eigenvalue weighted by Crippen LogP contribution is 2.50. The summed E-state index contributed by atoms with van der Waals surface area (Å²) in [4.78, 5) is 39.4. The van der Waals surface area contributed by atoms with Crippen molar-refractivity contribution in [2.24, 2.45) is 4.99 Å². The van der Waals surface area contributed by atoms with Crippen LogP contribution in [-0.2, 0) is 16.1 Å². The number of aromatic nitrogens is 1. The maximum absolute atomic E-state index is 13.6. The van der Waals surface area contributed by atoms with Gasteiger partial charge in [-0.25, -0.2) is 9.98 Å². The summed E-state index contributed by atoms with van der Waals surface area (Å²) < 4.78 is 0. The van der Waals surface area contributed by atoms with Gasteiger partial charge in [-0.2, -0.15) is 0 Å². The Bertz CT molecular complexity index is 1320. The highest BCUT2D eigenvalue weighted by Gasteiger charge is 2.39. The van der Waals surface area contributed by atoms with E-state index in [2.05, 4.69) is 27.3 Å². The fraction of sp³-hybridized carbons (Fsp3) is 0.120. The zero-order valence-electron chi connectivity index (χ0n) is 18.6. The first-order valence-corrected chi connectivity index (χ1v) is 12.2. The summed E-state index contributed by atoms with van der Waals surface area (Å²) in [7, 11) is 1.98. The van der Waals surface area contributed by atoms with Crippen LogP contribution in [-0.4, -0.2) is 33.9 Å². The smallest absolute Gasteiger partial charge is 0.269 e. The number of thioether (sulfide) groups is 2. The van der Waals surface area contributed by atoms with Gasteiger partial charge in [-0.1, -0.05) is 54.2 Å². The molecule has 2 aliphatic rings. The van der Waals surface area contributed by atoms with E-state index in [0.29, 0.717) is 28.1 Å². The van der Waals surface area contributed by atoms with E-state index in [-0.39, 0.29) is 11.8 Å². The van der Waals surface area contributed by atoms with Crippen LogP contribution in [0.4, 0.5) is 17.2 Å². The summed E-state index contributed by atoms with van der Waals surface area (Å²) >= 11 is 2.97. The highest BCUT2D eigenvalue weighted by molar-refractivity contribution is 8.19. The fourth-order valence-corrected chi connectivity index (χ4v) is 5.98. The molecule has 1 fully saturated rings. The summed E-state index contributed by atoms with van der Waals surface area (Å²) in [6, 6.07) is 21.5. The van der Waals surface area contributed by atoms with Gasteiger partial charge in [0.25, 0.3) is 5.91 Å². The van der Waals surface area contributed by atoms with Crippen LogP contribution in [0.5, 0.6) is 0 Å². The van der Waals surface area contributed by atoms with Gasteiger partial charge >= 0.3 is 0 Å². The van der Waals surface area contributed by atoms with Crippen LogP contribution in [0.15, 0.2) is 92.7 Å². The van der Waals surface area contributed by atoms with Gasteiger partial charge in [0.1, 0.15) is 10.7 Å². The molecule has 0 atom stereocenters. The van der Waals surface area contributed by atoms with Gasteiger partial charge in [0, 0.05) is 18.9 Å². The molecule has 9 heteroatoms. The van der Waals surface area contributed by atoms with Crippen LogP contribution >= 0.6 is 23.5 Å². The van der Waals surface area contributed by atoms with E-state index in [4.69, 9.17) is 4.99 Å². The number of aliphatic imine (C=N–C) groups is 1. The number of para-hydroxylation sites is 1. The van der Waals surface area contributed by atoms with E-state index < -0.39 is 0 Å². The molecule has 0 bridgehead atoms. The number of nitrogens with one attached hydrogen (secondary N) is 1. The summed E-state index contributed by atoms with van der Waals surface area (Å²) in [5.74, 6) is 0.197. The topological polar surface area (TPSA) is 77.9 Å². The second-order valence-corrected chi connectivity index (χ2v) is 9.73. The molecule has 1 saturated heterocycles. The predicted molar refractivity (Wildman–Crippen MR) is 138 cm³/mol. The number of hydrogen-bond donors (Lipinski definition) is 1. The Balaban J connectivity index is 1.51. The second kappa shape index (κ2) is 9.36. The monoisotopic (exact) mass is 487 g/mol. The molecule has 3 heterocycles. The molecule has 3 aromatic rings. The SMILES string of the molecule is CC(=O)Nc1ccc(/N=C2\S/C(=C3\Sc4ccccc4N3C)C(=O)N2Cc2ccccc2)cn1. The molecule has 5 rings (SSSR count). The Morgan fingerprint density at radius 2 is 1.79 bits per heavy atom. The van der Waals surface area contributed by atoms with E-state index in [1.165, 1.54) is 18.7 Å². The van der Waals surface area contributed by atoms with Gasteiger partial charge in [0.2, 0.25) is 5.91 Å². The Labute approximate surface area is 206 Å². The molecule has 0 unspecified atom stereocenters. The van der Waals surface area contributed by atoms with Gasteiger partial charge in [-0.15, -0.1) is 0 Å². The predicted octanol–water partition coefficient (Wildman–Crippen LogP) is 5.21. The molecule has 0 aliphatic carbocycles. The fourth-order valence-electron chi connectivity index (χ4n) is 3.64. The summed E-state index contributed by atoms with van der Waals surface area (Å²) in [5, 5.41) is 4.14. The van der Waals surface area contributed by atoms with Crippen molar-refractivity contribution < 1.29 is 9.59 Å². The molecular weight excluding hydrogens is 466 g/mol. The minimum absolute atomic E-state index is 0.0717. The van der Waals surface area contributed by atoms with E-state index in [9.17, 15) is 9.59 Å². The van der Waals surface area contributed by atoms with Gasteiger partial charge in [0.05, 0.1) is 29.1 Å². The zero-order chi connectivity index (χ0) is 23.7. The van der Waals surface area contributed by atoms with Crippen LogP contribution in [0, 0.1) is 0 Å². The van der Waals surface area contributed by atoms with E-state index in [0.717, 1.165) is 21.2 Å². The number of nitrogens with zero attached hydrogens (tertiary/aromatic N) is 4. The lowest BCUT2D eigenvalue weighted by Gasteiger charge is -2.16. The van der Waals surface area contributed by atoms with Crippen LogP contribution in [0.3, 0.4) is 0 Å². The minimum atomic E-state index is -0.187. The number of carbonyl (C=O) groups is 2.